The van der Waals surface area contributed by atoms with Gasteiger partial charge in [-0.2, -0.15) is 13.2 Å². The molecule has 25 heavy (non-hydrogen) atoms. The number of rotatable bonds is 6. The van der Waals surface area contributed by atoms with Crippen LogP contribution in [0, 0.1) is 5.92 Å². The highest BCUT2D eigenvalue weighted by atomic mass is 19.4. The summed E-state index contributed by atoms with van der Waals surface area (Å²) in [5.41, 5.74) is -0.888. The third-order valence-corrected chi connectivity index (χ3v) is 4.17. The maximum absolute atomic E-state index is 12.9. The van der Waals surface area contributed by atoms with Crippen molar-refractivity contribution in [2.24, 2.45) is 5.92 Å². The number of hydrogen-bond donors (Lipinski definition) is 2. The lowest BCUT2D eigenvalue weighted by atomic mass is 9.96. The summed E-state index contributed by atoms with van der Waals surface area (Å²) in [4.78, 5) is 13.7. The fourth-order valence-corrected chi connectivity index (χ4v) is 2.85. The van der Waals surface area contributed by atoms with E-state index in [2.05, 4.69) is 5.32 Å². The number of piperidine rings is 1. The molecule has 0 aliphatic carbocycles. The van der Waals surface area contributed by atoms with Gasteiger partial charge < -0.3 is 20.1 Å². The molecule has 2 N–H and O–H groups in total. The van der Waals surface area contributed by atoms with Crippen LogP contribution in [0.15, 0.2) is 24.3 Å². The first-order valence-corrected chi connectivity index (χ1v) is 8.22. The van der Waals surface area contributed by atoms with Gasteiger partial charge in [-0.3, -0.25) is 4.79 Å². The number of nitrogens with one attached hydrogen (secondary N) is 1. The fourth-order valence-electron chi connectivity index (χ4n) is 2.85. The molecule has 140 valence electrons. The van der Waals surface area contributed by atoms with Crippen LogP contribution in [0.25, 0.3) is 0 Å². The number of nitrogens with zero attached hydrogens (tertiary/aromatic N) is 1. The van der Waals surface area contributed by atoms with Crippen molar-refractivity contribution in [3.8, 4) is 5.75 Å². The summed E-state index contributed by atoms with van der Waals surface area (Å²) in [7, 11) is 1.58. The second-order valence-corrected chi connectivity index (χ2v) is 6.20. The van der Waals surface area contributed by atoms with E-state index in [1.807, 2.05) is 0 Å². The molecule has 0 spiro atoms. The zero-order chi connectivity index (χ0) is 18.4. The van der Waals surface area contributed by atoms with Crippen LogP contribution in [0.5, 0.6) is 5.75 Å². The quantitative estimate of drug-likeness (QED) is 0.814. The molecule has 1 aromatic rings. The lowest BCUT2D eigenvalue weighted by Crippen LogP contribution is -2.43. The van der Waals surface area contributed by atoms with Crippen LogP contribution in [0.4, 0.5) is 13.2 Å². The highest BCUT2D eigenvalue weighted by molar-refractivity contribution is 5.78. The molecule has 1 aliphatic heterocycles. The lowest BCUT2D eigenvalue weighted by Gasteiger charge is -2.28. The summed E-state index contributed by atoms with van der Waals surface area (Å²) in [6.07, 6.45) is -4.11. The summed E-state index contributed by atoms with van der Waals surface area (Å²) in [6.45, 7) is 1.25. The van der Waals surface area contributed by atoms with Crippen molar-refractivity contribution in [2.75, 3.05) is 33.3 Å². The lowest BCUT2D eigenvalue weighted by molar-refractivity contribution is -0.139. The maximum atomic E-state index is 12.9. The van der Waals surface area contributed by atoms with Crippen LogP contribution in [-0.2, 0) is 11.0 Å². The number of likely N-dealkylation sites (N-methyl/N-ethyl adjacent to an activating group) is 1. The van der Waals surface area contributed by atoms with E-state index in [1.54, 1.807) is 7.05 Å². The highest BCUT2D eigenvalue weighted by Gasteiger charge is 2.34. The number of alkyl halides is 3. The molecule has 1 aliphatic rings. The summed E-state index contributed by atoms with van der Waals surface area (Å²) in [5.74, 6) is -0.469. The summed E-state index contributed by atoms with van der Waals surface area (Å²) in [5, 5.41) is 13.2. The first-order chi connectivity index (χ1) is 11.8. The topological polar surface area (TPSA) is 61.8 Å². The average Bonchev–Trinajstić information content (AvgIpc) is 2.59. The Balaban J connectivity index is 1.86. The van der Waals surface area contributed by atoms with Crippen molar-refractivity contribution < 1.29 is 27.8 Å². The van der Waals surface area contributed by atoms with E-state index in [0.29, 0.717) is 0 Å². The van der Waals surface area contributed by atoms with Crippen LogP contribution in [0.3, 0.4) is 0 Å². The Kier molecular flexibility index (Phi) is 6.66. The molecule has 0 radical (unpaired) electrons. The Morgan fingerprint density at radius 2 is 2.00 bits per heavy atom. The molecule has 0 saturated carbocycles. The minimum atomic E-state index is -4.52. The molecule has 8 heteroatoms. The molecule has 1 saturated heterocycles. The smallest absolute Gasteiger partial charge is 0.419 e. The van der Waals surface area contributed by atoms with Crippen molar-refractivity contribution in [1.82, 2.24) is 10.2 Å². The van der Waals surface area contributed by atoms with Crippen molar-refractivity contribution >= 4 is 5.91 Å². The number of benzene rings is 1. The van der Waals surface area contributed by atoms with Gasteiger partial charge in [-0.05, 0) is 38.1 Å². The van der Waals surface area contributed by atoms with Crippen LogP contribution >= 0.6 is 0 Å². The van der Waals surface area contributed by atoms with Gasteiger partial charge >= 0.3 is 6.18 Å². The summed E-state index contributed by atoms with van der Waals surface area (Å²) >= 11 is 0. The minimum absolute atomic E-state index is 0.0109. The van der Waals surface area contributed by atoms with Crippen LogP contribution in [-0.4, -0.2) is 55.3 Å². The van der Waals surface area contributed by atoms with Gasteiger partial charge in [0.2, 0.25) is 5.91 Å². The second kappa shape index (κ2) is 8.53. The molecule has 0 bridgehead atoms. The van der Waals surface area contributed by atoms with E-state index in [0.717, 1.165) is 32.0 Å². The molecule has 5 nitrogen and oxygen atoms in total. The van der Waals surface area contributed by atoms with Gasteiger partial charge in [0.1, 0.15) is 18.5 Å². The van der Waals surface area contributed by atoms with Gasteiger partial charge in [-0.15, -0.1) is 0 Å². The molecule has 1 atom stereocenters. The summed E-state index contributed by atoms with van der Waals surface area (Å²) < 4.78 is 43.8. The van der Waals surface area contributed by atoms with Gasteiger partial charge in [0.15, 0.2) is 0 Å². The Labute approximate surface area is 144 Å². The van der Waals surface area contributed by atoms with E-state index >= 15 is 0 Å². The molecule has 1 fully saturated rings. The van der Waals surface area contributed by atoms with E-state index in [1.165, 1.54) is 23.1 Å². The predicted octanol–water partition coefficient (Wildman–Crippen LogP) is 1.90. The van der Waals surface area contributed by atoms with Gasteiger partial charge in [0, 0.05) is 19.5 Å². The Bertz CT molecular complexity index is 575. The fraction of sp³-hybridized carbons (Fsp3) is 0.588. The first kappa shape index (κ1) is 19.5. The van der Waals surface area contributed by atoms with Crippen LogP contribution in [0.2, 0.25) is 0 Å². The normalized spacial score (nSPS) is 17.2. The number of ether oxygens (including phenoxy) is 1. The number of carbonyl (C=O) groups is 1. The van der Waals surface area contributed by atoms with Crippen LogP contribution < -0.4 is 10.1 Å². The van der Waals surface area contributed by atoms with Crippen molar-refractivity contribution in [1.29, 1.82) is 0 Å². The molecule has 0 aromatic heterocycles. The molecule has 1 aromatic carbocycles. The number of para-hydroxylation sites is 1. The number of amides is 1. The highest BCUT2D eigenvalue weighted by Crippen LogP contribution is 2.35. The van der Waals surface area contributed by atoms with Crippen molar-refractivity contribution in [2.45, 2.75) is 25.1 Å². The number of aliphatic hydroxyl groups is 1. The monoisotopic (exact) mass is 360 g/mol. The number of aliphatic hydroxyl groups excluding tert-OH is 1. The van der Waals surface area contributed by atoms with Gasteiger partial charge in [-0.25, -0.2) is 0 Å². The minimum Gasteiger partial charge on any atom is -0.490 e. The second-order valence-electron chi connectivity index (χ2n) is 6.20. The van der Waals surface area contributed by atoms with Crippen LogP contribution in [0.1, 0.15) is 18.4 Å². The molecule has 1 amide bonds. The number of carbonyl (C=O) groups excluding carboxylic acids is 1. The Morgan fingerprint density at radius 1 is 1.36 bits per heavy atom. The zero-order valence-electron chi connectivity index (χ0n) is 14.1. The SMILES string of the molecule is CN(C[C@H](O)COc1ccccc1C(F)(F)F)C(=O)C1CCNCC1. The molecular formula is C17H23F3N2O3. The largest absolute Gasteiger partial charge is 0.490 e. The van der Waals surface area contributed by atoms with Gasteiger partial charge in [-0.1, -0.05) is 12.1 Å². The zero-order valence-corrected chi connectivity index (χ0v) is 14.1. The molecule has 0 unspecified atom stereocenters. The van der Waals surface area contributed by atoms with E-state index in [9.17, 15) is 23.1 Å². The van der Waals surface area contributed by atoms with E-state index < -0.39 is 17.8 Å². The van der Waals surface area contributed by atoms with Crippen molar-refractivity contribution in [3.05, 3.63) is 29.8 Å². The van der Waals surface area contributed by atoms with Crippen molar-refractivity contribution in [3.63, 3.8) is 0 Å². The van der Waals surface area contributed by atoms with E-state index in [-0.39, 0.29) is 30.7 Å². The first-order valence-electron chi connectivity index (χ1n) is 8.22. The molecule has 1 heterocycles. The van der Waals surface area contributed by atoms with Gasteiger partial charge in [0.05, 0.1) is 5.56 Å². The third-order valence-electron chi connectivity index (χ3n) is 4.17. The van der Waals surface area contributed by atoms with Gasteiger partial charge in [0.25, 0.3) is 0 Å². The molecular weight excluding hydrogens is 337 g/mol. The maximum Gasteiger partial charge on any atom is 0.419 e. The average molecular weight is 360 g/mol. The predicted molar refractivity (Wildman–Crippen MR) is 86.2 cm³/mol. The summed E-state index contributed by atoms with van der Waals surface area (Å²) in [6, 6.07) is 4.84. The third kappa shape index (κ3) is 5.61. The standard InChI is InChI=1S/C17H23F3N2O3/c1-22(16(24)12-6-8-21-9-7-12)10-13(23)11-25-15-5-3-2-4-14(15)17(18,19)20/h2-5,12-13,21,23H,6-11H2,1H3/t13-/m0/s1. The number of halogens is 3. The molecule has 2 rings (SSSR count). The van der Waals surface area contributed by atoms with E-state index in [4.69, 9.17) is 4.74 Å². The number of hydrogen-bond acceptors (Lipinski definition) is 4. The Hall–Kier alpha value is -1.80. The Morgan fingerprint density at radius 3 is 2.64 bits per heavy atom.